The normalized spacial score (nSPS) is 14.2. The fourth-order valence-electron chi connectivity index (χ4n) is 10.3. The van der Waals surface area contributed by atoms with Crippen molar-refractivity contribution in [1.29, 1.82) is 0 Å². The molecule has 10 aromatic rings. The number of amides is 4. The minimum atomic E-state index is -1.10. The van der Waals surface area contributed by atoms with Crippen LogP contribution in [0.25, 0.3) is 81.5 Å². The summed E-state index contributed by atoms with van der Waals surface area (Å²) in [5.41, 5.74) is 4.27. The van der Waals surface area contributed by atoms with Crippen LogP contribution in [0.3, 0.4) is 0 Å². The summed E-state index contributed by atoms with van der Waals surface area (Å²) in [6, 6.07) is 35.1. The number of carboxylic acids is 1. The fraction of sp³-hybridized carbons (Fsp3) is 0.0577. The van der Waals surface area contributed by atoms with Crippen LogP contribution < -0.4 is 9.80 Å². The maximum absolute atomic E-state index is 14.6. The molecule has 0 fully saturated rings. The molecule has 0 saturated carbocycles. The largest absolute Gasteiger partial charge is 0.478 e. The Bertz CT molecular complexity index is 3540. The SMILES string of the molecule is C=Cc1cccc(C(C)C)c1N1C(=O)c2ccc3c4ccc5c6ccc7c8c(ccc(c9ccc(c%10ccc(c2c3%10)C1=O)c4c59)c86)C(=O)N(c1ccc(C(=O)O)cc1)C7=O. The molecule has 8 heteroatoms. The molecule has 12 rings (SSSR count). The first-order valence-electron chi connectivity index (χ1n) is 19.8. The fourth-order valence-corrected chi connectivity index (χ4v) is 10.3. The van der Waals surface area contributed by atoms with Gasteiger partial charge in [-0.15, -0.1) is 0 Å². The predicted octanol–water partition coefficient (Wildman–Crippen LogP) is 11.7. The minimum absolute atomic E-state index is 0.0559. The molecule has 0 saturated heterocycles. The Morgan fingerprint density at radius 3 is 1.23 bits per heavy atom. The van der Waals surface area contributed by atoms with E-state index >= 15 is 0 Å². The number of imide groups is 2. The van der Waals surface area contributed by atoms with Crippen molar-refractivity contribution in [2.75, 3.05) is 9.80 Å². The van der Waals surface area contributed by atoms with E-state index in [2.05, 4.69) is 30.8 Å². The zero-order valence-electron chi connectivity index (χ0n) is 32.2. The van der Waals surface area contributed by atoms with Crippen LogP contribution >= 0.6 is 0 Å². The third-order valence-corrected chi connectivity index (χ3v) is 12.9. The Morgan fingerprint density at radius 1 is 0.500 bits per heavy atom. The maximum Gasteiger partial charge on any atom is 0.335 e. The lowest BCUT2D eigenvalue weighted by molar-refractivity contribution is 0.0695. The second kappa shape index (κ2) is 11.6. The van der Waals surface area contributed by atoms with Crippen LogP contribution in [0.4, 0.5) is 11.4 Å². The van der Waals surface area contributed by atoms with E-state index in [0.29, 0.717) is 44.4 Å². The molecular weight excluding hydrogens is 749 g/mol. The van der Waals surface area contributed by atoms with Gasteiger partial charge in [-0.3, -0.25) is 19.2 Å². The van der Waals surface area contributed by atoms with E-state index in [-0.39, 0.29) is 23.3 Å². The number of benzene rings is 10. The van der Waals surface area contributed by atoms with E-state index in [1.165, 1.54) is 29.2 Å². The topological polar surface area (TPSA) is 112 Å². The van der Waals surface area contributed by atoms with Crippen molar-refractivity contribution in [1.82, 2.24) is 0 Å². The van der Waals surface area contributed by atoms with Gasteiger partial charge >= 0.3 is 5.97 Å². The van der Waals surface area contributed by atoms with Crippen molar-refractivity contribution in [3.8, 4) is 0 Å². The highest BCUT2D eigenvalue weighted by atomic mass is 16.4. The summed E-state index contributed by atoms with van der Waals surface area (Å²) in [5, 5.41) is 22.1. The quantitative estimate of drug-likeness (QED) is 0.106. The molecule has 2 aliphatic rings. The van der Waals surface area contributed by atoms with Gasteiger partial charge in [0.15, 0.2) is 0 Å². The molecule has 0 spiro atoms. The van der Waals surface area contributed by atoms with Gasteiger partial charge in [-0.25, -0.2) is 14.6 Å². The monoisotopic (exact) mass is 778 g/mol. The second-order valence-corrected chi connectivity index (χ2v) is 16.1. The minimum Gasteiger partial charge on any atom is -0.478 e. The number of rotatable bonds is 5. The predicted molar refractivity (Wildman–Crippen MR) is 238 cm³/mol. The van der Waals surface area contributed by atoms with Crippen molar-refractivity contribution >= 4 is 122 Å². The lowest BCUT2D eigenvalue weighted by Crippen LogP contribution is -2.41. The highest BCUT2D eigenvalue weighted by molar-refractivity contribution is 6.47. The molecule has 284 valence electrons. The van der Waals surface area contributed by atoms with Crippen LogP contribution in [0.15, 0.2) is 122 Å². The van der Waals surface area contributed by atoms with Crippen molar-refractivity contribution in [3.05, 3.63) is 161 Å². The molecule has 10 aromatic carbocycles. The summed E-state index contributed by atoms with van der Waals surface area (Å²) >= 11 is 0. The Kier molecular flexibility index (Phi) is 6.58. The highest BCUT2D eigenvalue weighted by Crippen LogP contribution is 2.50. The van der Waals surface area contributed by atoms with Gasteiger partial charge in [-0.1, -0.05) is 93.2 Å². The first-order chi connectivity index (χ1) is 29.1. The van der Waals surface area contributed by atoms with Crippen LogP contribution in [0.1, 0.15) is 82.7 Å². The molecule has 0 unspecified atom stereocenters. The molecule has 2 heterocycles. The van der Waals surface area contributed by atoms with Gasteiger partial charge in [0.25, 0.3) is 23.6 Å². The third-order valence-electron chi connectivity index (χ3n) is 12.9. The lowest BCUT2D eigenvalue weighted by Gasteiger charge is -2.31. The standard InChI is InChI=1S/C52H30N2O6/c1-4-25-6-5-7-28(24(2)3)47(25)54-50(57)39-22-18-35-31-14-12-29-33-16-20-37-45-38(49(56)53(48(37)55)27-10-8-26(9-11-27)52(59)60)21-17-34(43(33)45)30-13-15-32(42(31)41(29)30)36-19-23-40(51(54)58)46(39)44(35)36/h4-24H,1H2,2-3H3,(H,59,60). The van der Waals surface area contributed by atoms with E-state index in [0.717, 1.165) is 80.7 Å². The summed E-state index contributed by atoms with van der Waals surface area (Å²) in [5.74, 6) is -2.72. The second-order valence-electron chi connectivity index (χ2n) is 16.1. The summed E-state index contributed by atoms with van der Waals surface area (Å²) < 4.78 is 0. The van der Waals surface area contributed by atoms with Gasteiger partial charge in [-0.05, 0) is 130 Å². The Labute approximate surface area is 340 Å². The number of fused-ring (bicyclic) bond motifs is 4. The first kappa shape index (κ1) is 34.1. The highest BCUT2D eigenvalue weighted by Gasteiger charge is 2.39. The number of carboxylic acid groups (broad SMARTS) is 1. The smallest absolute Gasteiger partial charge is 0.335 e. The van der Waals surface area contributed by atoms with E-state index in [1.54, 1.807) is 18.2 Å². The number of hydrogen-bond donors (Lipinski definition) is 1. The molecule has 0 aliphatic carbocycles. The van der Waals surface area contributed by atoms with E-state index in [4.69, 9.17) is 0 Å². The number of hydrogen-bond acceptors (Lipinski definition) is 5. The zero-order chi connectivity index (χ0) is 41.0. The average Bonchev–Trinajstić information content (AvgIpc) is 3.26. The van der Waals surface area contributed by atoms with Crippen molar-refractivity contribution in [2.45, 2.75) is 19.8 Å². The summed E-state index contributed by atoms with van der Waals surface area (Å²) in [7, 11) is 0. The van der Waals surface area contributed by atoms with E-state index < -0.39 is 17.8 Å². The molecule has 0 atom stereocenters. The summed E-state index contributed by atoms with van der Waals surface area (Å²) in [4.78, 5) is 71.5. The Hall–Kier alpha value is -7.97. The molecule has 1 N–H and O–H groups in total. The molecule has 60 heavy (non-hydrogen) atoms. The molecule has 8 nitrogen and oxygen atoms in total. The first-order valence-corrected chi connectivity index (χ1v) is 19.8. The Balaban J connectivity index is 1.08. The van der Waals surface area contributed by atoms with E-state index in [1.807, 2.05) is 68.4 Å². The maximum atomic E-state index is 14.6. The summed E-state index contributed by atoms with van der Waals surface area (Å²) in [6.07, 6.45) is 1.69. The third kappa shape index (κ3) is 4.06. The van der Waals surface area contributed by atoms with Crippen molar-refractivity contribution in [2.24, 2.45) is 0 Å². The molecule has 4 amide bonds. The zero-order valence-corrected chi connectivity index (χ0v) is 32.2. The van der Waals surface area contributed by atoms with Gasteiger partial charge in [0.05, 0.1) is 16.9 Å². The Morgan fingerprint density at radius 2 is 0.867 bits per heavy atom. The van der Waals surface area contributed by atoms with Crippen LogP contribution in [0.2, 0.25) is 0 Å². The van der Waals surface area contributed by atoms with Gasteiger partial charge < -0.3 is 5.11 Å². The summed E-state index contributed by atoms with van der Waals surface area (Å²) in [6.45, 7) is 8.09. The number of anilines is 2. The van der Waals surface area contributed by atoms with Gasteiger partial charge in [0, 0.05) is 33.0 Å². The number of carbonyl (C=O) groups is 5. The van der Waals surface area contributed by atoms with Crippen LogP contribution in [0.5, 0.6) is 0 Å². The van der Waals surface area contributed by atoms with Crippen LogP contribution in [-0.2, 0) is 0 Å². The van der Waals surface area contributed by atoms with Crippen molar-refractivity contribution in [3.63, 3.8) is 0 Å². The van der Waals surface area contributed by atoms with Gasteiger partial charge in [0.1, 0.15) is 0 Å². The number of nitrogens with zero attached hydrogens (tertiary/aromatic N) is 2. The molecule has 0 aromatic heterocycles. The number of para-hydroxylation sites is 1. The van der Waals surface area contributed by atoms with E-state index in [9.17, 15) is 29.1 Å². The number of carbonyl (C=O) groups excluding carboxylic acids is 4. The van der Waals surface area contributed by atoms with Crippen LogP contribution in [0, 0.1) is 0 Å². The van der Waals surface area contributed by atoms with Crippen LogP contribution in [-0.4, -0.2) is 34.7 Å². The number of aromatic carboxylic acids is 1. The van der Waals surface area contributed by atoms with Gasteiger partial charge in [-0.2, -0.15) is 0 Å². The molecular formula is C52H30N2O6. The lowest BCUT2D eigenvalue weighted by atomic mass is 9.80. The molecule has 2 aliphatic heterocycles. The van der Waals surface area contributed by atoms with Gasteiger partial charge in [0.2, 0.25) is 0 Å². The van der Waals surface area contributed by atoms with Crippen molar-refractivity contribution < 1.29 is 29.1 Å². The molecule has 0 bridgehead atoms. The molecule has 0 radical (unpaired) electrons. The average molecular weight is 779 g/mol.